The highest BCUT2D eigenvalue weighted by molar-refractivity contribution is 7.88. The summed E-state index contributed by atoms with van der Waals surface area (Å²) in [6.07, 6.45) is 1.20. The molecule has 1 aromatic carbocycles. The van der Waals surface area contributed by atoms with Gasteiger partial charge < -0.3 is 5.32 Å². The maximum Gasteiger partial charge on any atom is 0.241 e. The average molecular weight is 346 g/mol. The molecule has 1 N–H and O–H groups in total. The number of nitrogens with zero attached hydrogens (tertiary/aromatic N) is 2. The first kappa shape index (κ1) is 17.2. The van der Waals surface area contributed by atoms with Gasteiger partial charge in [0.05, 0.1) is 23.0 Å². The fourth-order valence-electron chi connectivity index (χ4n) is 2.39. The van der Waals surface area contributed by atoms with E-state index in [0.717, 1.165) is 0 Å². The Hall–Kier alpha value is -1.15. The van der Waals surface area contributed by atoms with Crippen molar-refractivity contribution in [2.24, 2.45) is 0 Å². The number of anilines is 1. The van der Waals surface area contributed by atoms with E-state index in [1.165, 1.54) is 10.6 Å². The number of sulfonamides is 1. The topological polar surface area (TPSA) is 69.7 Å². The molecule has 122 valence electrons. The second kappa shape index (κ2) is 6.95. The first-order valence-electron chi connectivity index (χ1n) is 7.03. The summed E-state index contributed by atoms with van der Waals surface area (Å²) in [7, 11) is -3.16. The Balaban J connectivity index is 1.94. The van der Waals surface area contributed by atoms with Gasteiger partial charge in [0.2, 0.25) is 15.9 Å². The van der Waals surface area contributed by atoms with Gasteiger partial charge >= 0.3 is 0 Å². The van der Waals surface area contributed by atoms with Crippen molar-refractivity contribution < 1.29 is 13.2 Å². The van der Waals surface area contributed by atoms with Gasteiger partial charge in [0, 0.05) is 26.2 Å². The van der Waals surface area contributed by atoms with Crippen molar-refractivity contribution in [1.82, 2.24) is 9.21 Å². The van der Waals surface area contributed by atoms with Crippen LogP contribution in [0.2, 0.25) is 5.02 Å². The molecule has 1 aliphatic rings. The number of carbonyl (C=O) groups excluding carboxylic acids is 1. The van der Waals surface area contributed by atoms with Gasteiger partial charge in [0.1, 0.15) is 0 Å². The fourth-order valence-corrected chi connectivity index (χ4v) is 3.40. The van der Waals surface area contributed by atoms with Gasteiger partial charge in [0.15, 0.2) is 0 Å². The van der Waals surface area contributed by atoms with Crippen LogP contribution in [0, 0.1) is 0 Å². The molecule has 1 amide bonds. The number of rotatable bonds is 4. The van der Waals surface area contributed by atoms with Crippen molar-refractivity contribution in [2.75, 3.05) is 37.8 Å². The molecule has 0 unspecified atom stereocenters. The molecule has 1 fully saturated rings. The largest absolute Gasteiger partial charge is 0.323 e. The van der Waals surface area contributed by atoms with Crippen molar-refractivity contribution in [2.45, 2.75) is 13.0 Å². The molecule has 1 aromatic rings. The molecule has 0 aliphatic carbocycles. The molecule has 1 heterocycles. The van der Waals surface area contributed by atoms with Crippen molar-refractivity contribution in [1.29, 1.82) is 0 Å². The molecule has 0 saturated carbocycles. The quantitative estimate of drug-likeness (QED) is 0.891. The standard InChI is InChI=1S/C14H20ClN3O3S/c1-11(14(19)16-13-6-4-3-5-12(13)15)17-7-9-18(10-8-17)22(2,20)21/h3-6,11H,7-10H2,1-2H3,(H,16,19)/t11-/m0/s1. The van der Waals surface area contributed by atoms with E-state index in [2.05, 4.69) is 5.32 Å². The van der Waals surface area contributed by atoms with Crippen molar-refractivity contribution in [3.63, 3.8) is 0 Å². The maximum atomic E-state index is 12.3. The molecule has 6 nitrogen and oxygen atoms in total. The number of amides is 1. The summed E-state index contributed by atoms with van der Waals surface area (Å²) in [6, 6.07) is 6.71. The van der Waals surface area contributed by atoms with Crippen LogP contribution >= 0.6 is 11.6 Å². The Bertz CT molecular complexity index is 642. The lowest BCUT2D eigenvalue weighted by Crippen LogP contribution is -2.53. The summed E-state index contributed by atoms with van der Waals surface area (Å²) in [5.74, 6) is -0.152. The van der Waals surface area contributed by atoms with Gasteiger partial charge in [-0.3, -0.25) is 9.69 Å². The highest BCUT2D eigenvalue weighted by Gasteiger charge is 2.28. The summed E-state index contributed by atoms with van der Waals surface area (Å²) in [4.78, 5) is 14.3. The normalized spacial score (nSPS) is 18.9. The smallest absolute Gasteiger partial charge is 0.241 e. The van der Waals surface area contributed by atoms with Crippen LogP contribution in [0.4, 0.5) is 5.69 Å². The molecule has 1 saturated heterocycles. The lowest BCUT2D eigenvalue weighted by molar-refractivity contribution is -0.121. The van der Waals surface area contributed by atoms with Crippen LogP contribution in [0.25, 0.3) is 0 Å². The Morgan fingerprint density at radius 3 is 2.36 bits per heavy atom. The van der Waals surface area contributed by atoms with E-state index in [1.54, 1.807) is 24.3 Å². The van der Waals surface area contributed by atoms with Crippen LogP contribution in [0.5, 0.6) is 0 Å². The minimum atomic E-state index is -3.16. The Labute approximate surface area is 136 Å². The van der Waals surface area contributed by atoms with E-state index in [-0.39, 0.29) is 11.9 Å². The number of piperazine rings is 1. The predicted octanol–water partition coefficient (Wildman–Crippen LogP) is 1.24. The van der Waals surface area contributed by atoms with Gasteiger partial charge in [0.25, 0.3) is 0 Å². The molecular formula is C14H20ClN3O3S. The number of benzene rings is 1. The third-order valence-corrected chi connectivity index (χ3v) is 5.43. The second-order valence-corrected chi connectivity index (χ2v) is 7.73. The Morgan fingerprint density at radius 1 is 1.23 bits per heavy atom. The first-order valence-corrected chi connectivity index (χ1v) is 9.26. The van der Waals surface area contributed by atoms with Crippen LogP contribution in [0.1, 0.15) is 6.92 Å². The van der Waals surface area contributed by atoms with Crippen LogP contribution in [-0.2, 0) is 14.8 Å². The Kier molecular flexibility index (Phi) is 5.44. The van der Waals surface area contributed by atoms with Crippen molar-refractivity contribution in [3.05, 3.63) is 29.3 Å². The van der Waals surface area contributed by atoms with E-state index < -0.39 is 10.0 Å². The van der Waals surface area contributed by atoms with Gasteiger partial charge in [-0.25, -0.2) is 8.42 Å². The highest BCUT2D eigenvalue weighted by Crippen LogP contribution is 2.21. The number of halogens is 1. The predicted molar refractivity (Wildman–Crippen MR) is 87.5 cm³/mol. The molecule has 0 radical (unpaired) electrons. The van der Waals surface area contributed by atoms with Crippen LogP contribution < -0.4 is 5.32 Å². The number of hydrogen-bond donors (Lipinski definition) is 1. The fraction of sp³-hybridized carbons (Fsp3) is 0.500. The summed E-state index contributed by atoms with van der Waals surface area (Å²) in [5, 5.41) is 3.30. The Morgan fingerprint density at radius 2 is 1.82 bits per heavy atom. The van der Waals surface area contributed by atoms with E-state index in [9.17, 15) is 13.2 Å². The van der Waals surface area contributed by atoms with E-state index in [4.69, 9.17) is 11.6 Å². The zero-order chi connectivity index (χ0) is 16.3. The molecule has 1 atom stereocenters. The highest BCUT2D eigenvalue weighted by atomic mass is 35.5. The molecular weight excluding hydrogens is 326 g/mol. The second-order valence-electron chi connectivity index (χ2n) is 5.34. The van der Waals surface area contributed by atoms with Crippen LogP contribution in [0.3, 0.4) is 0 Å². The zero-order valence-electron chi connectivity index (χ0n) is 12.6. The molecule has 8 heteroatoms. The van der Waals surface area contributed by atoms with Crippen molar-refractivity contribution >= 4 is 33.2 Å². The summed E-state index contributed by atoms with van der Waals surface area (Å²) in [5.41, 5.74) is 0.579. The number of hydrogen-bond acceptors (Lipinski definition) is 4. The molecule has 22 heavy (non-hydrogen) atoms. The summed E-state index contributed by atoms with van der Waals surface area (Å²) < 4.78 is 24.4. The monoisotopic (exact) mass is 345 g/mol. The zero-order valence-corrected chi connectivity index (χ0v) is 14.2. The minimum Gasteiger partial charge on any atom is -0.323 e. The third-order valence-electron chi connectivity index (χ3n) is 3.80. The number of carbonyl (C=O) groups is 1. The van der Waals surface area contributed by atoms with Gasteiger partial charge in [-0.2, -0.15) is 4.31 Å². The first-order chi connectivity index (χ1) is 10.3. The third kappa shape index (κ3) is 4.19. The lowest BCUT2D eigenvalue weighted by Gasteiger charge is -2.36. The molecule has 2 rings (SSSR count). The number of nitrogens with one attached hydrogen (secondary N) is 1. The van der Waals surface area contributed by atoms with Gasteiger partial charge in [-0.15, -0.1) is 0 Å². The van der Waals surface area contributed by atoms with Crippen LogP contribution in [0.15, 0.2) is 24.3 Å². The van der Waals surface area contributed by atoms with Crippen molar-refractivity contribution in [3.8, 4) is 0 Å². The molecule has 1 aliphatic heterocycles. The lowest BCUT2D eigenvalue weighted by atomic mass is 10.2. The summed E-state index contributed by atoms with van der Waals surface area (Å²) >= 11 is 6.03. The SMILES string of the molecule is C[C@@H](C(=O)Nc1ccccc1Cl)N1CCN(S(C)(=O)=O)CC1. The van der Waals surface area contributed by atoms with E-state index in [1.807, 2.05) is 11.8 Å². The van der Waals surface area contributed by atoms with Gasteiger partial charge in [-0.1, -0.05) is 23.7 Å². The minimum absolute atomic E-state index is 0.152. The van der Waals surface area contributed by atoms with Crippen LogP contribution in [-0.4, -0.2) is 62.0 Å². The average Bonchev–Trinajstić information content (AvgIpc) is 2.48. The van der Waals surface area contributed by atoms with E-state index in [0.29, 0.717) is 36.9 Å². The number of para-hydroxylation sites is 1. The summed E-state index contributed by atoms with van der Waals surface area (Å²) in [6.45, 7) is 3.68. The molecule has 0 aromatic heterocycles. The molecule has 0 spiro atoms. The van der Waals surface area contributed by atoms with Gasteiger partial charge in [-0.05, 0) is 19.1 Å². The van der Waals surface area contributed by atoms with E-state index >= 15 is 0 Å². The molecule has 0 bridgehead atoms. The maximum absolute atomic E-state index is 12.3.